The summed E-state index contributed by atoms with van der Waals surface area (Å²) in [5, 5.41) is 3.00. The molecule has 0 heterocycles. The molecule has 0 aromatic heterocycles. The van der Waals surface area contributed by atoms with Gasteiger partial charge < -0.3 is 14.8 Å². The predicted molar refractivity (Wildman–Crippen MR) is 91.8 cm³/mol. The first-order valence-electron chi connectivity index (χ1n) is 8.65. The molecule has 3 atom stereocenters. The first kappa shape index (κ1) is 18.3. The van der Waals surface area contributed by atoms with Gasteiger partial charge in [-0.3, -0.25) is 4.79 Å². The van der Waals surface area contributed by atoms with Gasteiger partial charge in [0.1, 0.15) is 5.75 Å². The Morgan fingerprint density at radius 1 is 1.25 bits per heavy atom. The van der Waals surface area contributed by atoms with Gasteiger partial charge in [0.25, 0.3) is 5.91 Å². The number of ether oxygens (including phenoxy) is 2. The van der Waals surface area contributed by atoms with Gasteiger partial charge >= 0.3 is 5.97 Å². The van der Waals surface area contributed by atoms with E-state index in [1.165, 1.54) is 6.42 Å². The normalized spacial score (nSPS) is 21.6. The van der Waals surface area contributed by atoms with Crippen LogP contribution in [-0.2, 0) is 14.3 Å². The molecule has 132 valence electrons. The number of hydrogen-bond acceptors (Lipinski definition) is 4. The minimum Gasteiger partial charge on any atom is -0.482 e. The van der Waals surface area contributed by atoms with Crippen molar-refractivity contribution >= 4 is 11.9 Å². The SMILES string of the molecule is Cc1ccccc1OCC(=O)OC(C)C(=O)NC1CCCCC1C. The van der Waals surface area contributed by atoms with E-state index >= 15 is 0 Å². The summed E-state index contributed by atoms with van der Waals surface area (Å²) in [7, 11) is 0. The monoisotopic (exact) mass is 333 g/mol. The highest BCUT2D eigenvalue weighted by atomic mass is 16.6. The van der Waals surface area contributed by atoms with Crippen LogP contribution in [0.4, 0.5) is 0 Å². The van der Waals surface area contributed by atoms with E-state index in [0.717, 1.165) is 24.8 Å². The Morgan fingerprint density at radius 3 is 2.67 bits per heavy atom. The summed E-state index contributed by atoms with van der Waals surface area (Å²) >= 11 is 0. The molecule has 24 heavy (non-hydrogen) atoms. The van der Waals surface area contributed by atoms with Crippen molar-refractivity contribution in [2.45, 2.75) is 58.6 Å². The summed E-state index contributed by atoms with van der Waals surface area (Å²) < 4.78 is 10.6. The molecular weight excluding hydrogens is 306 g/mol. The Bertz CT molecular complexity index is 572. The number of benzene rings is 1. The highest BCUT2D eigenvalue weighted by molar-refractivity contribution is 5.83. The van der Waals surface area contributed by atoms with Gasteiger partial charge in [-0.25, -0.2) is 4.79 Å². The van der Waals surface area contributed by atoms with E-state index in [-0.39, 0.29) is 18.6 Å². The Labute approximate surface area is 143 Å². The Kier molecular flexibility index (Phi) is 6.64. The van der Waals surface area contributed by atoms with Crippen LogP contribution < -0.4 is 10.1 Å². The van der Waals surface area contributed by atoms with Crippen molar-refractivity contribution in [1.82, 2.24) is 5.32 Å². The summed E-state index contributed by atoms with van der Waals surface area (Å²) in [5.41, 5.74) is 0.947. The van der Waals surface area contributed by atoms with Crippen LogP contribution in [0.25, 0.3) is 0 Å². The fraction of sp³-hybridized carbons (Fsp3) is 0.579. The van der Waals surface area contributed by atoms with Crippen LogP contribution >= 0.6 is 0 Å². The van der Waals surface area contributed by atoms with Gasteiger partial charge in [0, 0.05) is 6.04 Å². The lowest BCUT2D eigenvalue weighted by Crippen LogP contribution is -2.46. The van der Waals surface area contributed by atoms with Crippen LogP contribution in [0.2, 0.25) is 0 Å². The largest absolute Gasteiger partial charge is 0.482 e. The summed E-state index contributed by atoms with van der Waals surface area (Å²) in [6, 6.07) is 7.62. The third-order valence-electron chi connectivity index (χ3n) is 4.56. The molecule has 5 nitrogen and oxygen atoms in total. The number of nitrogens with one attached hydrogen (secondary N) is 1. The van der Waals surface area contributed by atoms with Gasteiger partial charge in [-0.2, -0.15) is 0 Å². The number of esters is 1. The number of aryl methyl sites for hydroxylation is 1. The Morgan fingerprint density at radius 2 is 1.96 bits per heavy atom. The molecule has 1 aliphatic rings. The Balaban J connectivity index is 1.76. The van der Waals surface area contributed by atoms with E-state index in [2.05, 4.69) is 12.2 Å². The fourth-order valence-electron chi connectivity index (χ4n) is 2.97. The molecule has 1 aromatic carbocycles. The second-order valence-corrected chi connectivity index (χ2v) is 6.56. The molecule has 5 heteroatoms. The van der Waals surface area contributed by atoms with Crippen LogP contribution in [0.5, 0.6) is 5.75 Å². The van der Waals surface area contributed by atoms with Gasteiger partial charge in [-0.1, -0.05) is 38.0 Å². The van der Waals surface area contributed by atoms with E-state index in [0.29, 0.717) is 11.7 Å². The van der Waals surface area contributed by atoms with E-state index in [9.17, 15) is 9.59 Å². The van der Waals surface area contributed by atoms with Gasteiger partial charge in [-0.05, 0) is 44.2 Å². The van der Waals surface area contributed by atoms with E-state index < -0.39 is 12.1 Å². The summed E-state index contributed by atoms with van der Waals surface area (Å²) in [5.74, 6) is 0.327. The molecule has 1 amide bonds. The fourth-order valence-corrected chi connectivity index (χ4v) is 2.97. The number of rotatable bonds is 6. The van der Waals surface area contributed by atoms with Crippen molar-refractivity contribution in [1.29, 1.82) is 0 Å². The van der Waals surface area contributed by atoms with E-state index in [1.807, 2.05) is 25.1 Å². The lowest BCUT2D eigenvalue weighted by Gasteiger charge is -2.30. The minimum atomic E-state index is -0.813. The number of carbonyl (C=O) groups is 2. The molecular formula is C19H27NO4. The van der Waals surface area contributed by atoms with Crippen LogP contribution in [0.1, 0.15) is 45.1 Å². The highest BCUT2D eigenvalue weighted by Gasteiger charge is 2.26. The third-order valence-corrected chi connectivity index (χ3v) is 4.56. The Hall–Kier alpha value is -2.04. The van der Waals surface area contributed by atoms with Gasteiger partial charge in [0.05, 0.1) is 0 Å². The molecule has 1 aromatic rings. The average Bonchev–Trinajstić information content (AvgIpc) is 2.56. The molecule has 1 N–H and O–H groups in total. The maximum absolute atomic E-state index is 12.2. The maximum Gasteiger partial charge on any atom is 0.344 e. The molecule has 1 fully saturated rings. The zero-order valence-corrected chi connectivity index (χ0v) is 14.7. The van der Waals surface area contributed by atoms with Crippen molar-refractivity contribution in [3.05, 3.63) is 29.8 Å². The smallest absolute Gasteiger partial charge is 0.344 e. The van der Waals surface area contributed by atoms with Crippen molar-refractivity contribution in [3.8, 4) is 5.75 Å². The number of para-hydroxylation sites is 1. The number of carbonyl (C=O) groups excluding carboxylic acids is 2. The van der Waals surface area contributed by atoms with Crippen LogP contribution in [-0.4, -0.2) is 30.6 Å². The summed E-state index contributed by atoms with van der Waals surface area (Å²) in [6.07, 6.45) is 3.65. The maximum atomic E-state index is 12.2. The predicted octanol–water partition coefficient (Wildman–Crippen LogP) is 3.00. The zero-order valence-electron chi connectivity index (χ0n) is 14.7. The third kappa shape index (κ3) is 5.25. The van der Waals surface area contributed by atoms with Crippen LogP contribution in [0, 0.1) is 12.8 Å². The van der Waals surface area contributed by atoms with Crippen molar-refractivity contribution in [2.75, 3.05) is 6.61 Å². The van der Waals surface area contributed by atoms with Crippen LogP contribution in [0.15, 0.2) is 24.3 Å². The highest BCUT2D eigenvalue weighted by Crippen LogP contribution is 2.23. The standard InChI is InChI=1S/C19H27NO4/c1-13-8-4-6-10-16(13)20-19(22)15(3)24-18(21)12-23-17-11-7-5-9-14(17)2/h5,7,9,11,13,15-16H,4,6,8,10,12H2,1-3H3,(H,20,22). The molecule has 1 aliphatic carbocycles. The first-order valence-corrected chi connectivity index (χ1v) is 8.65. The number of hydrogen-bond donors (Lipinski definition) is 1. The zero-order chi connectivity index (χ0) is 17.5. The lowest BCUT2D eigenvalue weighted by atomic mass is 9.86. The second-order valence-electron chi connectivity index (χ2n) is 6.56. The van der Waals surface area contributed by atoms with E-state index in [1.54, 1.807) is 13.0 Å². The molecule has 1 saturated carbocycles. The molecule has 0 bridgehead atoms. The van der Waals surface area contributed by atoms with E-state index in [4.69, 9.17) is 9.47 Å². The molecule has 0 spiro atoms. The molecule has 2 rings (SSSR count). The summed E-state index contributed by atoms with van der Waals surface area (Å²) in [4.78, 5) is 24.1. The molecule has 0 radical (unpaired) electrons. The lowest BCUT2D eigenvalue weighted by molar-refractivity contribution is -0.157. The average molecular weight is 333 g/mol. The van der Waals surface area contributed by atoms with Gasteiger partial charge in [-0.15, -0.1) is 0 Å². The van der Waals surface area contributed by atoms with Crippen molar-refractivity contribution in [2.24, 2.45) is 5.92 Å². The summed E-state index contributed by atoms with van der Waals surface area (Å²) in [6.45, 7) is 5.44. The second kappa shape index (κ2) is 8.71. The topological polar surface area (TPSA) is 64.6 Å². The molecule has 0 aliphatic heterocycles. The molecule has 0 saturated heterocycles. The van der Waals surface area contributed by atoms with Crippen LogP contribution in [0.3, 0.4) is 0 Å². The van der Waals surface area contributed by atoms with Gasteiger partial charge in [0.15, 0.2) is 12.7 Å². The van der Waals surface area contributed by atoms with Crippen molar-refractivity contribution < 1.29 is 19.1 Å². The van der Waals surface area contributed by atoms with Gasteiger partial charge in [0.2, 0.25) is 0 Å². The van der Waals surface area contributed by atoms with Crippen molar-refractivity contribution in [3.63, 3.8) is 0 Å². The minimum absolute atomic E-state index is 0.177. The molecule has 3 unspecified atom stereocenters. The quantitative estimate of drug-likeness (QED) is 0.813. The number of amides is 1. The first-order chi connectivity index (χ1) is 11.5.